The van der Waals surface area contributed by atoms with Crippen molar-refractivity contribution in [3.05, 3.63) is 35.4 Å². The van der Waals surface area contributed by atoms with Crippen LogP contribution >= 0.6 is 11.8 Å². The normalized spacial score (nSPS) is 29.1. The van der Waals surface area contributed by atoms with E-state index in [4.69, 9.17) is 9.47 Å². The molecule has 0 bridgehead atoms. The van der Waals surface area contributed by atoms with Crippen LogP contribution in [0.5, 0.6) is 0 Å². The highest BCUT2D eigenvalue weighted by Gasteiger charge is 2.40. The third-order valence-electron chi connectivity index (χ3n) is 4.46. The highest BCUT2D eigenvalue weighted by molar-refractivity contribution is 7.99. The molecule has 4 heteroatoms. The van der Waals surface area contributed by atoms with Crippen LogP contribution in [0.25, 0.3) is 0 Å². The number of hydrogen-bond acceptors (Lipinski definition) is 4. The molecule has 1 aromatic rings. The summed E-state index contributed by atoms with van der Waals surface area (Å²) in [6.45, 7) is 2.53. The van der Waals surface area contributed by atoms with Gasteiger partial charge in [0.2, 0.25) is 0 Å². The molecule has 2 saturated heterocycles. The molecule has 2 aliphatic rings. The number of methoxy groups -OCH3 is 1. The summed E-state index contributed by atoms with van der Waals surface area (Å²) in [5.74, 6) is 2.43. The molecule has 0 amide bonds. The van der Waals surface area contributed by atoms with E-state index in [0.717, 1.165) is 26.0 Å². The first-order valence-corrected chi connectivity index (χ1v) is 8.97. The summed E-state index contributed by atoms with van der Waals surface area (Å²) in [5.41, 5.74) is 2.75. The molecule has 1 spiro atoms. The molecule has 1 aromatic carbocycles. The lowest BCUT2D eigenvalue weighted by Gasteiger charge is -2.38. The zero-order chi connectivity index (χ0) is 14.5. The van der Waals surface area contributed by atoms with Gasteiger partial charge in [-0.05, 0) is 36.1 Å². The quantitative estimate of drug-likeness (QED) is 0.906. The van der Waals surface area contributed by atoms with E-state index in [1.165, 1.54) is 29.1 Å². The van der Waals surface area contributed by atoms with Crippen LogP contribution in [-0.4, -0.2) is 36.9 Å². The van der Waals surface area contributed by atoms with E-state index in [2.05, 4.69) is 29.6 Å². The van der Waals surface area contributed by atoms with Gasteiger partial charge < -0.3 is 14.8 Å². The Labute approximate surface area is 131 Å². The number of ether oxygens (including phenoxy) is 2. The first-order chi connectivity index (χ1) is 10.3. The maximum atomic E-state index is 6.08. The van der Waals surface area contributed by atoms with Crippen molar-refractivity contribution in [1.29, 1.82) is 0 Å². The summed E-state index contributed by atoms with van der Waals surface area (Å²) < 4.78 is 11.3. The fraction of sp³-hybridized carbons (Fsp3) is 0.647. The van der Waals surface area contributed by atoms with Crippen molar-refractivity contribution in [3.8, 4) is 0 Å². The predicted octanol–water partition coefficient (Wildman–Crippen LogP) is 2.98. The molecule has 21 heavy (non-hydrogen) atoms. The van der Waals surface area contributed by atoms with Gasteiger partial charge in [-0.25, -0.2) is 0 Å². The average molecular weight is 307 g/mol. The number of rotatable bonds is 5. The number of thioether (sulfide) groups is 1. The SMILES string of the molecule is COCc1cccc(CNC2CCOC3(CCSC3)C2)c1. The minimum Gasteiger partial charge on any atom is -0.380 e. The van der Waals surface area contributed by atoms with Crippen molar-refractivity contribution in [1.82, 2.24) is 5.32 Å². The van der Waals surface area contributed by atoms with Gasteiger partial charge in [-0.15, -0.1) is 0 Å². The van der Waals surface area contributed by atoms with Crippen LogP contribution < -0.4 is 5.32 Å². The lowest BCUT2D eigenvalue weighted by atomic mass is 9.90. The van der Waals surface area contributed by atoms with E-state index >= 15 is 0 Å². The molecule has 2 unspecified atom stereocenters. The molecule has 2 heterocycles. The van der Waals surface area contributed by atoms with E-state index in [-0.39, 0.29) is 5.60 Å². The van der Waals surface area contributed by atoms with Crippen molar-refractivity contribution in [2.75, 3.05) is 25.2 Å². The Hall–Kier alpha value is -0.550. The van der Waals surface area contributed by atoms with Crippen molar-refractivity contribution in [2.45, 2.75) is 44.1 Å². The number of nitrogens with one attached hydrogen (secondary N) is 1. The predicted molar refractivity (Wildman–Crippen MR) is 87.6 cm³/mol. The second-order valence-corrected chi connectivity index (χ2v) is 7.26. The van der Waals surface area contributed by atoms with Gasteiger partial charge >= 0.3 is 0 Å². The Morgan fingerprint density at radius 2 is 2.33 bits per heavy atom. The average Bonchev–Trinajstić information content (AvgIpc) is 2.94. The lowest BCUT2D eigenvalue weighted by molar-refractivity contribution is -0.0703. The molecule has 0 saturated carbocycles. The second kappa shape index (κ2) is 7.14. The molecule has 2 atom stereocenters. The molecule has 1 N–H and O–H groups in total. The van der Waals surface area contributed by atoms with Crippen LogP contribution in [0.2, 0.25) is 0 Å². The summed E-state index contributed by atoms with van der Waals surface area (Å²) in [4.78, 5) is 0. The van der Waals surface area contributed by atoms with Crippen LogP contribution in [0.4, 0.5) is 0 Å². The summed E-state index contributed by atoms with van der Waals surface area (Å²) in [5, 5.41) is 3.73. The van der Waals surface area contributed by atoms with Gasteiger partial charge in [-0.3, -0.25) is 0 Å². The van der Waals surface area contributed by atoms with Crippen LogP contribution in [0.3, 0.4) is 0 Å². The Balaban J connectivity index is 1.53. The van der Waals surface area contributed by atoms with Crippen molar-refractivity contribution in [2.24, 2.45) is 0 Å². The molecular formula is C17H25NO2S. The maximum Gasteiger partial charge on any atom is 0.0795 e. The van der Waals surface area contributed by atoms with Crippen LogP contribution in [0, 0.1) is 0 Å². The van der Waals surface area contributed by atoms with Gasteiger partial charge in [-0.1, -0.05) is 24.3 Å². The van der Waals surface area contributed by atoms with Gasteiger partial charge in [0.15, 0.2) is 0 Å². The van der Waals surface area contributed by atoms with E-state index in [1.54, 1.807) is 7.11 Å². The smallest absolute Gasteiger partial charge is 0.0795 e. The van der Waals surface area contributed by atoms with Gasteiger partial charge in [0.05, 0.1) is 12.2 Å². The monoisotopic (exact) mass is 307 g/mol. The first-order valence-electron chi connectivity index (χ1n) is 7.81. The molecule has 0 aromatic heterocycles. The fourth-order valence-corrected chi connectivity index (χ4v) is 4.70. The molecule has 2 aliphatic heterocycles. The fourth-order valence-electron chi connectivity index (χ4n) is 3.32. The van der Waals surface area contributed by atoms with Crippen molar-refractivity contribution in [3.63, 3.8) is 0 Å². The van der Waals surface area contributed by atoms with Crippen LogP contribution in [0.15, 0.2) is 24.3 Å². The zero-order valence-corrected chi connectivity index (χ0v) is 13.6. The van der Waals surface area contributed by atoms with E-state index in [1.807, 2.05) is 11.8 Å². The van der Waals surface area contributed by atoms with Gasteiger partial charge in [0.25, 0.3) is 0 Å². The molecule has 2 fully saturated rings. The van der Waals surface area contributed by atoms with E-state index in [9.17, 15) is 0 Å². The van der Waals surface area contributed by atoms with E-state index < -0.39 is 0 Å². The zero-order valence-electron chi connectivity index (χ0n) is 12.8. The summed E-state index contributed by atoms with van der Waals surface area (Å²) in [6.07, 6.45) is 3.51. The summed E-state index contributed by atoms with van der Waals surface area (Å²) >= 11 is 2.04. The van der Waals surface area contributed by atoms with Crippen LogP contribution in [-0.2, 0) is 22.6 Å². The highest BCUT2D eigenvalue weighted by Crippen LogP contribution is 2.38. The minimum atomic E-state index is 0.165. The Morgan fingerprint density at radius 1 is 1.43 bits per heavy atom. The Bertz CT molecular complexity index is 460. The van der Waals surface area contributed by atoms with Crippen LogP contribution in [0.1, 0.15) is 30.4 Å². The summed E-state index contributed by atoms with van der Waals surface area (Å²) in [7, 11) is 1.74. The molecule has 0 radical (unpaired) electrons. The molecule has 116 valence electrons. The van der Waals surface area contributed by atoms with Gasteiger partial charge in [0.1, 0.15) is 0 Å². The maximum absolute atomic E-state index is 6.08. The topological polar surface area (TPSA) is 30.5 Å². The molecule has 3 rings (SSSR count). The molecular weight excluding hydrogens is 282 g/mol. The summed E-state index contributed by atoms with van der Waals surface area (Å²) in [6, 6.07) is 9.24. The lowest BCUT2D eigenvalue weighted by Crippen LogP contribution is -2.47. The first kappa shape index (κ1) is 15.3. The molecule has 3 nitrogen and oxygen atoms in total. The number of hydrogen-bond donors (Lipinski definition) is 1. The highest BCUT2D eigenvalue weighted by atomic mass is 32.2. The second-order valence-electron chi connectivity index (χ2n) is 6.16. The Kier molecular flexibility index (Phi) is 5.22. The van der Waals surface area contributed by atoms with Gasteiger partial charge in [0, 0.05) is 32.1 Å². The van der Waals surface area contributed by atoms with Gasteiger partial charge in [-0.2, -0.15) is 11.8 Å². The Morgan fingerprint density at radius 3 is 3.14 bits per heavy atom. The number of benzene rings is 1. The third kappa shape index (κ3) is 4.01. The largest absolute Gasteiger partial charge is 0.380 e. The van der Waals surface area contributed by atoms with Crippen molar-refractivity contribution < 1.29 is 9.47 Å². The minimum absolute atomic E-state index is 0.165. The standard InChI is InChI=1S/C17H25NO2S/c1-19-12-15-4-2-3-14(9-15)11-18-16-5-7-20-17(10-16)6-8-21-13-17/h2-4,9,16,18H,5-8,10-13H2,1H3. The van der Waals surface area contributed by atoms with E-state index in [0.29, 0.717) is 12.6 Å². The van der Waals surface area contributed by atoms with Crippen molar-refractivity contribution >= 4 is 11.8 Å². The third-order valence-corrected chi connectivity index (χ3v) is 5.68. The molecule has 0 aliphatic carbocycles.